The van der Waals surface area contributed by atoms with Crippen LogP contribution >= 0.6 is 0 Å². The van der Waals surface area contributed by atoms with Gasteiger partial charge in [-0.05, 0) is 50.7 Å². The van der Waals surface area contributed by atoms with Crippen LogP contribution in [0, 0.1) is 11.8 Å². The number of aromatic nitrogens is 1. The number of nitrogens with zero attached hydrogens (tertiary/aromatic N) is 2. The Kier molecular flexibility index (Phi) is 4.06. The fourth-order valence-electron chi connectivity index (χ4n) is 3.84. The Labute approximate surface area is 129 Å². The van der Waals surface area contributed by atoms with Gasteiger partial charge in [-0.3, -0.25) is 9.88 Å². The van der Waals surface area contributed by atoms with Crippen LogP contribution in [0.15, 0.2) is 24.4 Å². The highest BCUT2D eigenvalue weighted by Crippen LogP contribution is 2.43. The summed E-state index contributed by atoms with van der Waals surface area (Å²) >= 11 is 0. The summed E-state index contributed by atoms with van der Waals surface area (Å²) in [7, 11) is 0. The molecule has 1 aliphatic heterocycles. The lowest BCUT2D eigenvalue weighted by molar-refractivity contribution is 0.0217. The molecule has 21 heavy (non-hydrogen) atoms. The second kappa shape index (κ2) is 5.69. The molecule has 1 aromatic heterocycles. The van der Waals surface area contributed by atoms with Crippen LogP contribution < -0.4 is 5.32 Å². The van der Waals surface area contributed by atoms with Gasteiger partial charge >= 0.3 is 0 Å². The Bertz CT molecular complexity index is 469. The fraction of sp³-hybridized carbons (Fsp3) is 0.722. The molecule has 2 fully saturated rings. The topological polar surface area (TPSA) is 28.2 Å². The van der Waals surface area contributed by atoms with Gasteiger partial charge in [-0.15, -0.1) is 0 Å². The van der Waals surface area contributed by atoms with Gasteiger partial charge in [-0.1, -0.05) is 19.9 Å². The van der Waals surface area contributed by atoms with Crippen molar-refractivity contribution in [3.63, 3.8) is 0 Å². The summed E-state index contributed by atoms with van der Waals surface area (Å²) in [6.45, 7) is 11.6. The second-order valence-electron chi connectivity index (χ2n) is 7.49. The van der Waals surface area contributed by atoms with Crippen LogP contribution in [0.1, 0.15) is 52.3 Å². The third-order valence-corrected chi connectivity index (χ3v) is 5.51. The predicted octanol–water partition coefficient (Wildman–Crippen LogP) is 3.24. The standard InChI is InChI=1S/C18H29N3/c1-13(2)17-11-20-18(4,15-8-9-15)12-21(17)14(3)16-7-5-6-10-19-16/h5-7,10,13-15,17,20H,8-9,11-12H2,1-4H3. The van der Waals surface area contributed by atoms with Crippen LogP contribution in [0.5, 0.6) is 0 Å². The highest BCUT2D eigenvalue weighted by molar-refractivity contribution is 5.12. The maximum Gasteiger partial charge on any atom is 0.0572 e. The molecule has 0 spiro atoms. The second-order valence-corrected chi connectivity index (χ2v) is 7.49. The normalized spacial score (nSPS) is 32.3. The number of hydrogen-bond acceptors (Lipinski definition) is 3. The zero-order valence-corrected chi connectivity index (χ0v) is 13.8. The Balaban J connectivity index is 1.83. The predicted molar refractivity (Wildman–Crippen MR) is 87.1 cm³/mol. The fourth-order valence-corrected chi connectivity index (χ4v) is 3.84. The van der Waals surface area contributed by atoms with Gasteiger partial charge in [0.1, 0.15) is 0 Å². The third kappa shape index (κ3) is 3.00. The van der Waals surface area contributed by atoms with E-state index in [1.54, 1.807) is 0 Å². The maximum atomic E-state index is 4.59. The summed E-state index contributed by atoms with van der Waals surface area (Å²) in [5, 5.41) is 3.86. The molecule has 0 aromatic carbocycles. The summed E-state index contributed by atoms with van der Waals surface area (Å²) in [6.07, 6.45) is 4.70. The van der Waals surface area contributed by atoms with Gasteiger partial charge in [0.25, 0.3) is 0 Å². The molecular formula is C18H29N3. The van der Waals surface area contributed by atoms with Crippen LogP contribution in [-0.2, 0) is 0 Å². The SMILES string of the molecule is CC(C)C1CNC(C)(C2CC2)CN1C(C)c1ccccn1. The van der Waals surface area contributed by atoms with Gasteiger partial charge in [0.2, 0.25) is 0 Å². The Morgan fingerprint density at radius 1 is 1.29 bits per heavy atom. The molecule has 1 saturated carbocycles. The number of rotatable bonds is 4. The van der Waals surface area contributed by atoms with Crippen LogP contribution in [0.3, 0.4) is 0 Å². The van der Waals surface area contributed by atoms with Crippen molar-refractivity contribution < 1.29 is 0 Å². The van der Waals surface area contributed by atoms with Crippen molar-refractivity contribution in [2.24, 2.45) is 11.8 Å². The molecule has 2 heterocycles. The summed E-state index contributed by atoms with van der Waals surface area (Å²) in [5.74, 6) is 1.52. The lowest BCUT2D eigenvalue weighted by Gasteiger charge is -2.50. The molecule has 0 amide bonds. The largest absolute Gasteiger partial charge is 0.308 e. The molecule has 1 aliphatic carbocycles. The van der Waals surface area contributed by atoms with Gasteiger partial charge < -0.3 is 5.32 Å². The van der Waals surface area contributed by atoms with E-state index in [0.717, 1.165) is 19.0 Å². The van der Waals surface area contributed by atoms with E-state index in [2.05, 4.69) is 55.0 Å². The number of pyridine rings is 1. The van der Waals surface area contributed by atoms with Crippen molar-refractivity contribution in [1.82, 2.24) is 15.2 Å². The summed E-state index contributed by atoms with van der Waals surface area (Å²) < 4.78 is 0. The molecule has 1 aromatic rings. The average Bonchev–Trinajstić information content (AvgIpc) is 3.32. The van der Waals surface area contributed by atoms with Crippen LogP contribution in [0.25, 0.3) is 0 Å². The first-order valence-electron chi connectivity index (χ1n) is 8.43. The number of hydrogen-bond donors (Lipinski definition) is 1. The molecule has 1 N–H and O–H groups in total. The molecule has 116 valence electrons. The van der Waals surface area contributed by atoms with E-state index in [9.17, 15) is 0 Å². The van der Waals surface area contributed by atoms with Crippen LogP contribution in [0.2, 0.25) is 0 Å². The van der Waals surface area contributed by atoms with Crippen molar-refractivity contribution in [2.75, 3.05) is 13.1 Å². The summed E-state index contributed by atoms with van der Waals surface area (Å²) in [5.41, 5.74) is 1.48. The molecule has 3 heteroatoms. The van der Waals surface area contributed by atoms with Gasteiger partial charge in [0.15, 0.2) is 0 Å². The zero-order valence-electron chi connectivity index (χ0n) is 13.8. The van der Waals surface area contributed by atoms with Gasteiger partial charge in [-0.2, -0.15) is 0 Å². The van der Waals surface area contributed by atoms with Crippen molar-refractivity contribution in [3.05, 3.63) is 30.1 Å². The number of piperazine rings is 1. The first kappa shape index (κ1) is 15.0. The van der Waals surface area contributed by atoms with E-state index >= 15 is 0 Å². The Morgan fingerprint density at radius 2 is 2.05 bits per heavy atom. The molecular weight excluding hydrogens is 258 g/mol. The summed E-state index contributed by atoms with van der Waals surface area (Å²) in [4.78, 5) is 7.29. The van der Waals surface area contributed by atoms with E-state index < -0.39 is 0 Å². The maximum absolute atomic E-state index is 4.59. The highest BCUT2D eigenvalue weighted by Gasteiger charge is 2.47. The van der Waals surface area contributed by atoms with E-state index in [0.29, 0.717) is 18.0 Å². The minimum atomic E-state index is 0.286. The molecule has 0 bridgehead atoms. The lowest BCUT2D eigenvalue weighted by Crippen LogP contribution is -2.65. The first-order valence-corrected chi connectivity index (χ1v) is 8.43. The van der Waals surface area contributed by atoms with Crippen molar-refractivity contribution in [3.8, 4) is 0 Å². The highest BCUT2D eigenvalue weighted by atomic mass is 15.3. The van der Waals surface area contributed by atoms with Crippen molar-refractivity contribution in [1.29, 1.82) is 0 Å². The molecule has 0 radical (unpaired) electrons. The molecule has 1 saturated heterocycles. The van der Waals surface area contributed by atoms with E-state index in [1.165, 1.54) is 18.5 Å². The smallest absolute Gasteiger partial charge is 0.0572 e. The molecule has 3 atom stereocenters. The zero-order chi connectivity index (χ0) is 15.0. The minimum absolute atomic E-state index is 0.286. The summed E-state index contributed by atoms with van der Waals surface area (Å²) in [6, 6.07) is 7.25. The van der Waals surface area contributed by atoms with Crippen LogP contribution in [0.4, 0.5) is 0 Å². The Hall–Kier alpha value is -0.930. The third-order valence-electron chi connectivity index (χ3n) is 5.51. The molecule has 3 rings (SSSR count). The Morgan fingerprint density at radius 3 is 2.62 bits per heavy atom. The molecule has 3 nitrogen and oxygen atoms in total. The molecule has 2 aliphatic rings. The molecule has 3 unspecified atom stereocenters. The van der Waals surface area contributed by atoms with E-state index in [4.69, 9.17) is 0 Å². The van der Waals surface area contributed by atoms with Crippen molar-refractivity contribution in [2.45, 2.75) is 58.2 Å². The van der Waals surface area contributed by atoms with Gasteiger partial charge in [0.05, 0.1) is 5.69 Å². The minimum Gasteiger partial charge on any atom is -0.308 e. The van der Waals surface area contributed by atoms with Gasteiger partial charge in [-0.25, -0.2) is 0 Å². The number of nitrogens with one attached hydrogen (secondary N) is 1. The average molecular weight is 287 g/mol. The van der Waals surface area contributed by atoms with E-state index in [1.807, 2.05) is 12.3 Å². The quantitative estimate of drug-likeness (QED) is 0.921. The van der Waals surface area contributed by atoms with E-state index in [-0.39, 0.29) is 5.54 Å². The first-order chi connectivity index (χ1) is 10.0. The van der Waals surface area contributed by atoms with Gasteiger partial charge in [0, 0.05) is 36.9 Å². The van der Waals surface area contributed by atoms with Crippen molar-refractivity contribution >= 4 is 0 Å². The monoisotopic (exact) mass is 287 g/mol. The lowest BCUT2D eigenvalue weighted by atomic mass is 9.86. The van der Waals surface area contributed by atoms with Crippen LogP contribution in [-0.4, -0.2) is 34.6 Å².